The van der Waals surface area contributed by atoms with Crippen molar-refractivity contribution in [3.8, 4) is 0 Å². The molecule has 0 unspecified atom stereocenters. The van der Waals surface area contributed by atoms with Crippen LogP contribution in [0, 0.1) is 11.6 Å². The molecule has 7 nitrogen and oxygen atoms in total. The number of hydrogen-bond acceptors (Lipinski definition) is 7. The fourth-order valence-corrected chi connectivity index (χ4v) is 5.41. The van der Waals surface area contributed by atoms with Crippen molar-refractivity contribution in [1.29, 1.82) is 0 Å². The summed E-state index contributed by atoms with van der Waals surface area (Å²) in [6.07, 6.45) is 0.304. The van der Waals surface area contributed by atoms with Gasteiger partial charge in [-0.25, -0.2) is 27.0 Å². The van der Waals surface area contributed by atoms with Gasteiger partial charge in [0.15, 0.2) is 5.82 Å². The summed E-state index contributed by atoms with van der Waals surface area (Å²) in [7, 11) is -4.82. The summed E-state index contributed by atoms with van der Waals surface area (Å²) in [5, 5.41) is 4.04. The van der Waals surface area contributed by atoms with Crippen molar-refractivity contribution in [3.63, 3.8) is 0 Å². The third-order valence-corrected chi connectivity index (χ3v) is 7.39. The molecule has 0 aliphatic rings. The predicted molar refractivity (Wildman–Crippen MR) is 138 cm³/mol. The van der Waals surface area contributed by atoms with E-state index in [2.05, 4.69) is 16.9 Å². The number of benzene rings is 2. The molecule has 1 heterocycles. The van der Waals surface area contributed by atoms with Gasteiger partial charge in [0.1, 0.15) is 22.1 Å². The van der Waals surface area contributed by atoms with Gasteiger partial charge < -0.3 is 10.1 Å². The van der Waals surface area contributed by atoms with Crippen LogP contribution in [-0.4, -0.2) is 25.1 Å². The lowest BCUT2D eigenvalue weighted by Gasteiger charge is -2.26. The number of amides is 1. The number of rotatable bonds is 7. The summed E-state index contributed by atoms with van der Waals surface area (Å²) in [5.74, 6) is -1.93. The Morgan fingerprint density at radius 3 is 2.53 bits per heavy atom. The largest absolute Gasteiger partial charge is 0.443 e. The van der Waals surface area contributed by atoms with Gasteiger partial charge in [-0.3, -0.25) is 0 Å². The lowest BCUT2D eigenvalue weighted by Crippen LogP contribution is -2.41. The number of sulfonamides is 1. The summed E-state index contributed by atoms with van der Waals surface area (Å²) >= 11 is 7.34. The molecule has 36 heavy (non-hydrogen) atoms. The number of carbonyl (C=O) groups excluding carboxylic acids is 1. The van der Waals surface area contributed by atoms with E-state index in [1.54, 1.807) is 45.9 Å². The minimum Gasteiger partial charge on any atom is -0.443 e. The van der Waals surface area contributed by atoms with Crippen molar-refractivity contribution in [2.24, 2.45) is 0 Å². The summed E-state index contributed by atoms with van der Waals surface area (Å²) in [4.78, 5) is 15.8. The van der Waals surface area contributed by atoms with E-state index in [-0.39, 0.29) is 26.4 Å². The van der Waals surface area contributed by atoms with E-state index < -0.39 is 44.3 Å². The second-order valence-electron chi connectivity index (χ2n) is 8.71. The molecule has 3 rings (SSSR count). The van der Waals surface area contributed by atoms with Crippen molar-refractivity contribution < 1.29 is 26.7 Å². The summed E-state index contributed by atoms with van der Waals surface area (Å²) in [6, 6.07) is 5.51. The number of halogens is 3. The highest BCUT2D eigenvalue weighted by Crippen LogP contribution is 2.34. The van der Waals surface area contributed by atoms with Gasteiger partial charge in [-0.1, -0.05) is 30.3 Å². The van der Waals surface area contributed by atoms with Crippen LogP contribution in [0.2, 0.25) is 5.02 Å². The van der Waals surface area contributed by atoms with Gasteiger partial charge in [-0.2, -0.15) is 0 Å². The fraction of sp³-hybridized carbons (Fsp3) is 0.250. The average Bonchev–Trinajstić information content (AvgIpc) is 3.28. The number of hydrogen-bond donors (Lipinski definition) is 1. The van der Waals surface area contributed by atoms with Gasteiger partial charge in [0.2, 0.25) is 0 Å². The molecule has 1 N–H and O–H groups in total. The molecule has 2 aromatic carbocycles. The Bertz CT molecular complexity index is 1390. The molecule has 1 atom stereocenters. The molecule has 1 aromatic heterocycles. The van der Waals surface area contributed by atoms with Crippen molar-refractivity contribution in [2.75, 3.05) is 9.62 Å². The first kappa shape index (κ1) is 27.6. The molecular weight excluding hydrogens is 532 g/mol. The first-order valence-corrected chi connectivity index (χ1v) is 13.3. The van der Waals surface area contributed by atoms with E-state index in [1.165, 1.54) is 17.0 Å². The van der Waals surface area contributed by atoms with Crippen LogP contribution >= 0.6 is 22.9 Å². The van der Waals surface area contributed by atoms with Gasteiger partial charge in [0.05, 0.1) is 22.3 Å². The summed E-state index contributed by atoms with van der Waals surface area (Å²) in [6.45, 7) is 9.97. The first-order valence-electron chi connectivity index (χ1n) is 10.6. The maximum absolute atomic E-state index is 15.2. The van der Waals surface area contributed by atoms with Crippen LogP contribution in [0.3, 0.4) is 0 Å². The second-order valence-corrected chi connectivity index (χ2v) is 11.6. The van der Waals surface area contributed by atoms with E-state index in [0.717, 1.165) is 23.5 Å². The Hall–Kier alpha value is -3.02. The van der Waals surface area contributed by atoms with Gasteiger partial charge in [-0.05, 0) is 57.5 Å². The second kappa shape index (κ2) is 10.5. The molecule has 3 aromatic rings. The Kier molecular flexibility index (Phi) is 8.07. The number of thiazole rings is 1. The highest BCUT2D eigenvalue weighted by atomic mass is 35.5. The number of carbonyl (C=O) groups is 1. The minimum atomic E-state index is -4.82. The third-order valence-electron chi connectivity index (χ3n) is 4.82. The molecule has 0 saturated carbocycles. The van der Waals surface area contributed by atoms with Crippen molar-refractivity contribution in [1.82, 2.24) is 4.98 Å². The van der Waals surface area contributed by atoms with Crippen LogP contribution in [0.15, 0.2) is 52.7 Å². The molecular formula is C24H24ClF2N3O4S2. The Morgan fingerprint density at radius 1 is 1.25 bits per heavy atom. The van der Waals surface area contributed by atoms with Crippen molar-refractivity contribution in [2.45, 2.75) is 44.2 Å². The van der Waals surface area contributed by atoms with Gasteiger partial charge >= 0.3 is 6.09 Å². The molecule has 0 saturated heterocycles. The molecule has 0 bridgehead atoms. The lowest BCUT2D eigenvalue weighted by atomic mass is 10.0. The number of nitrogens with one attached hydrogen (secondary N) is 1. The maximum Gasteiger partial charge on any atom is 0.430 e. The molecule has 0 radical (unpaired) electrons. The number of anilines is 2. The molecule has 1 amide bonds. The molecule has 12 heteroatoms. The molecule has 0 aliphatic heterocycles. The first-order chi connectivity index (χ1) is 16.7. The van der Waals surface area contributed by atoms with E-state index in [1.807, 2.05) is 0 Å². The highest BCUT2D eigenvalue weighted by molar-refractivity contribution is 7.93. The lowest BCUT2D eigenvalue weighted by molar-refractivity contribution is 0.0608. The average molecular weight is 556 g/mol. The number of nitrogens with zero attached hydrogens (tertiary/aromatic N) is 2. The third kappa shape index (κ3) is 6.03. The SMILES string of the molecule is C=Cc1ccc(F)c([C@H](C)Nc2cc(F)c(S(=O)(=O)N(C(=O)OC(C)(C)C)c3cscn3)cc2Cl)c1. The van der Waals surface area contributed by atoms with Gasteiger partial charge in [0.25, 0.3) is 10.0 Å². The van der Waals surface area contributed by atoms with E-state index in [9.17, 15) is 17.6 Å². The molecule has 0 spiro atoms. The maximum atomic E-state index is 15.2. The zero-order valence-corrected chi connectivity index (χ0v) is 22.3. The van der Waals surface area contributed by atoms with Crippen LogP contribution in [-0.2, 0) is 14.8 Å². The fourth-order valence-electron chi connectivity index (χ4n) is 3.19. The Balaban J connectivity index is 2.00. The van der Waals surface area contributed by atoms with E-state index in [0.29, 0.717) is 5.56 Å². The quantitative estimate of drug-likeness (QED) is 0.337. The van der Waals surface area contributed by atoms with Crippen LogP contribution < -0.4 is 9.62 Å². The van der Waals surface area contributed by atoms with Gasteiger partial charge in [0, 0.05) is 10.9 Å². The highest BCUT2D eigenvalue weighted by Gasteiger charge is 2.38. The smallest absolute Gasteiger partial charge is 0.430 e. The van der Waals surface area contributed by atoms with Gasteiger partial charge in [-0.15, -0.1) is 15.6 Å². The topological polar surface area (TPSA) is 88.6 Å². The minimum absolute atomic E-state index is 0.0292. The zero-order chi connectivity index (χ0) is 26.8. The Labute approximate surface area is 217 Å². The zero-order valence-electron chi connectivity index (χ0n) is 19.9. The van der Waals surface area contributed by atoms with Crippen molar-refractivity contribution in [3.05, 3.63) is 75.6 Å². The summed E-state index contributed by atoms with van der Waals surface area (Å²) in [5.41, 5.74) is 1.28. The molecule has 0 aliphatic carbocycles. The van der Waals surface area contributed by atoms with Crippen LogP contribution in [0.1, 0.15) is 44.9 Å². The molecule has 192 valence electrons. The normalized spacial score (nSPS) is 12.6. The van der Waals surface area contributed by atoms with Crippen molar-refractivity contribution >= 4 is 56.6 Å². The standard InChI is InChI=1S/C24H24ClF2N3O4S2/c1-6-15-7-8-18(26)16(9-15)14(2)29-20-11-19(27)21(10-17(20)25)36(32,33)30(22-12-35-13-28-22)23(31)34-24(3,4)5/h6-14,29H,1H2,2-5H3/t14-/m0/s1. The monoisotopic (exact) mass is 555 g/mol. The number of ether oxygens (including phenoxy) is 1. The predicted octanol–water partition coefficient (Wildman–Crippen LogP) is 7.02. The van der Waals surface area contributed by atoms with Crippen LogP contribution in [0.25, 0.3) is 6.08 Å². The van der Waals surface area contributed by atoms with Crippen LogP contribution in [0.5, 0.6) is 0 Å². The van der Waals surface area contributed by atoms with E-state index >= 15 is 4.39 Å². The number of aromatic nitrogens is 1. The van der Waals surface area contributed by atoms with E-state index in [4.69, 9.17) is 16.3 Å². The Morgan fingerprint density at radius 2 is 1.94 bits per heavy atom. The summed E-state index contributed by atoms with van der Waals surface area (Å²) < 4.78 is 61.9. The van der Waals surface area contributed by atoms with Crippen LogP contribution in [0.4, 0.5) is 25.1 Å². The molecule has 0 fully saturated rings.